The molecule has 0 radical (unpaired) electrons. The van der Waals surface area contributed by atoms with Crippen LogP contribution in [0.4, 0.5) is 4.39 Å². The number of rotatable bonds is 7. The number of ether oxygens (including phenoxy) is 1. The molecule has 1 amide bonds. The zero-order valence-electron chi connectivity index (χ0n) is 12.3. The first-order chi connectivity index (χ1) is 10.5. The third-order valence-corrected chi connectivity index (χ3v) is 3.76. The quantitative estimate of drug-likeness (QED) is 0.758. The van der Waals surface area contributed by atoms with Crippen LogP contribution in [0.15, 0.2) is 24.3 Å². The molecule has 1 aliphatic rings. The molecule has 0 spiro atoms. The van der Waals surface area contributed by atoms with Crippen molar-refractivity contribution in [2.45, 2.75) is 38.1 Å². The molecule has 1 aromatic carbocycles. The van der Waals surface area contributed by atoms with E-state index in [0.29, 0.717) is 44.5 Å². The van der Waals surface area contributed by atoms with Crippen molar-refractivity contribution in [3.63, 3.8) is 0 Å². The van der Waals surface area contributed by atoms with Gasteiger partial charge in [0, 0.05) is 18.5 Å². The summed E-state index contributed by atoms with van der Waals surface area (Å²) in [7, 11) is 0. The Balaban J connectivity index is 1.61. The predicted molar refractivity (Wildman–Crippen MR) is 78.0 cm³/mol. The monoisotopic (exact) mass is 309 g/mol. The van der Waals surface area contributed by atoms with E-state index in [9.17, 15) is 14.0 Å². The SMILES string of the molecule is O=C(CCCOc1cccc(F)c1)N[C@@H]1CC[C@H](C(=O)O)C1. The molecule has 0 heterocycles. The molecule has 1 saturated carbocycles. The molecule has 2 N–H and O–H groups in total. The maximum Gasteiger partial charge on any atom is 0.306 e. The molecule has 6 heteroatoms. The molecule has 120 valence electrons. The smallest absolute Gasteiger partial charge is 0.306 e. The van der Waals surface area contributed by atoms with E-state index in [0.717, 1.165) is 0 Å². The maximum absolute atomic E-state index is 12.9. The summed E-state index contributed by atoms with van der Waals surface area (Å²) in [6, 6.07) is 5.82. The van der Waals surface area contributed by atoms with Crippen LogP contribution < -0.4 is 10.1 Å². The first kappa shape index (κ1) is 16.3. The molecular weight excluding hydrogens is 289 g/mol. The maximum atomic E-state index is 12.9. The number of benzene rings is 1. The second-order valence-electron chi connectivity index (χ2n) is 5.52. The van der Waals surface area contributed by atoms with Crippen LogP contribution in [-0.4, -0.2) is 29.6 Å². The fraction of sp³-hybridized carbons (Fsp3) is 0.500. The van der Waals surface area contributed by atoms with Crippen LogP contribution >= 0.6 is 0 Å². The number of carboxylic acid groups (broad SMARTS) is 1. The summed E-state index contributed by atoms with van der Waals surface area (Å²) >= 11 is 0. The molecule has 0 aliphatic heterocycles. The topological polar surface area (TPSA) is 75.6 Å². The lowest BCUT2D eigenvalue weighted by atomic mass is 10.1. The highest BCUT2D eigenvalue weighted by atomic mass is 19.1. The van der Waals surface area contributed by atoms with Crippen molar-refractivity contribution in [2.75, 3.05) is 6.61 Å². The number of halogens is 1. The highest BCUT2D eigenvalue weighted by Crippen LogP contribution is 2.25. The van der Waals surface area contributed by atoms with Crippen LogP contribution in [0, 0.1) is 11.7 Å². The summed E-state index contributed by atoms with van der Waals surface area (Å²) in [6.07, 6.45) is 2.66. The fourth-order valence-electron chi connectivity index (χ4n) is 2.62. The van der Waals surface area contributed by atoms with Crippen molar-refractivity contribution in [1.82, 2.24) is 5.32 Å². The summed E-state index contributed by atoms with van der Waals surface area (Å²) in [5, 5.41) is 11.8. The van der Waals surface area contributed by atoms with Crippen molar-refractivity contribution >= 4 is 11.9 Å². The van der Waals surface area contributed by atoms with E-state index in [4.69, 9.17) is 9.84 Å². The number of aliphatic carboxylic acids is 1. The molecule has 1 fully saturated rings. The van der Waals surface area contributed by atoms with Gasteiger partial charge in [-0.05, 0) is 37.8 Å². The number of carbonyl (C=O) groups excluding carboxylic acids is 1. The van der Waals surface area contributed by atoms with Gasteiger partial charge in [0.15, 0.2) is 0 Å². The van der Waals surface area contributed by atoms with E-state index in [-0.39, 0.29) is 23.7 Å². The van der Waals surface area contributed by atoms with Gasteiger partial charge in [0.2, 0.25) is 5.91 Å². The van der Waals surface area contributed by atoms with Gasteiger partial charge in [0.05, 0.1) is 12.5 Å². The zero-order chi connectivity index (χ0) is 15.9. The molecule has 22 heavy (non-hydrogen) atoms. The lowest BCUT2D eigenvalue weighted by molar-refractivity contribution is -0.141. The summed E-state index contributed by atoms with van der Waals surface area (Å²) in [5.74, 6) is -1.15. The minimum atomic E-state index is -0.791. The van der Waals surface area contributed by atoms with Gasteiger partial charge < -0.3 is 15.2 Å². The Bertz CT molecular complexity index is 535. The van der Waals surface area contributed by atoms with Gasteiger partial charge >= 0.3 is 5.97 Å². The fourth-order valence-corrected chi connectivity index (χ4v) is 2.62. The molecule has 1 aromatic rings. The average Bonchev–Trinajstić information content (AvgIpc) is 2.92. The van der Waals surface area contributed by atoms with E-state index in [1.165, 1.54) is 12.1 Å². The average molecular weight is 309 g/mol. The van der Waals surface area contributed by atoms with Crippen LogP contribution in [0.2, 0.25) is 0 Å². The number of hydrogen-bond donors (Lipinski definition) is 2. The normalized spacial score (nSPS) is 20.6. The molecule has 0 bridgehead atoms. The molecule has 2 rings (SSSR count). The predicted octanol–water partition coefficient (Wildman–Crippen LogP) is 2.35. The van der Waals surface area contributed by atoms with Crippen LogP contribution in [0.1, 0.15) is 32.1 Å². The van der Waals surface area contributed by atoms with Gasteiger partial charge in [-0.1, -0.05) is 6.07 Å². The summed E-state index contributed by atoms with van der Waals surface area (Å²) < 4.78 is 18.3. The van der Waals surface area contributed by atoms with Crippen LogP contribution in [-0.2, 0) is 9.59 Å². The first-order valence-corrected chi connectivity index (χ1v) is 7.45. The third kappa shape index (κ3) is 5.02. The Morgan fingerprint density at radius 1 is 1.36 bits per heavy atom. The number of carbonyl (C=O) groups is 2. The van der Waals surface area contributed by atoms with Gasteiger partial charge in [-0.15, -0.1) is 0 Å². The summed E-state index contributed by atoms with van der Waals surface area (Å²) in [6.45, 7) is 0.333. The highest BCUT2D eigenvalue weighted by Gasteiger charge is 2.30. The Morgan fingerprint density at radius 3 is 2.86 bits per heavy atom. The molecule has 0 unspecified atom stereocenters. The number of nitrogens with one attached hydrogen (secondary N) is 1. The first-order valence-electron chi connectivity index (χ1n) is 7.45. The van der Waals surface area contributed by atoms with Crippen molar-refractivity contribution in [2.24, 2.45) is 5.92 Å². The van der Waals surface area contributed by atoms with Gasteiger partial charge in [-0.3, -0.25) is 9.59 Å². The van der Waals surface area contributed by atoms with Crippen molar-refractivity contribution in [1.29, 1.82) is 0 Å². The zero-order valence-corrected chi connectivity index (χ0v) is 12.3. The van der Waals surface area contributed by atoms with Gasteiger partial charge in [-0.25, -0.2) is 4.39 Å². The summed E-state index contributed by atoms with van der Waals surface area (Å²) in [5.41, 5.74) is 0. The Morgan fingerprint density at radius 2 is 2.18 bits per heavy atom. The van der Waals surface area contributed by atoms with Gasteiger partial charge in [0.25, 0.3) is 0 Å². The van der Waals surface area contributed by atoms with E-state index in [1.54, 1.807) is 12.1 Å². The molecule has 0 saturated heterocycles. The van der Waals surface area contributed by atoms with Crippen molar-refractivity contribution in [3.8, 4) is 5.75 Å². The Hall–Kier alpha value is -2.11. The second-order valence-corrected chi connectivity index (χ2v) is 5.52. The van der Waals surface area contributed by atoms with E-state index in [1.807, 2.05) is 0 Å². The molecule has 0 aromatic heterocycles. The largest absolute Gasteiger partial charge is 0.493 e. The lowest BCUT2D eigenvalue weighted by Crippen LogP contribution is -2.33. The van der Waals surface area contributed by atoms with Crippen molar-refractivity contribution < 1.29 is 23.8 Å². The van der Waals surface area contributed by atoms with Crippen molar-refractivity contribution in [3.05, 3.63) is 30.1 Å². The van der Waals surface area contributed by atoms with E-state index < -0.39 is 5.97 Å². The molecular formula is C16H20FNO4. The molecule has 5 nitrogen and oxygen atoms in total. The van der Waals surface area contributed by atoms with Crippen LogP contribution in [0.25, 0.3) is 0 Å². The summed E-state index contributed by atoms with van der Waals surface area (Å²) in [4.78, 5) is 22.6. The van der Waals surface area contributed by atoms with Crippen LogP contribution in [0.3, 0.4) is 0 Å². The van der Waals surface area contributed by atoms with Gasteiger partial charge in [0.1, 0.15) is 11.6 Å². The Labute approximate surface area is 128 Å². The molecule has 1 aliphatic carbocycles. The highest BCUT2D eigenvalue weighted by molar-refractivity contribution is 5.76. The lowest BCUT2D eigenvalue weighted by Gasteiger charge is -2.12. The minimum absolute atomic E-state index is 0.0438. The minimum Gasteiger partial charge on any atom is -0.493 e. The van der Waals surface area contributed by atoms with E-state index in [2.05, 4.69) is 5.32 Å². The Kier molecular flexibility index (Phi) is 5.75. The molecule has 2 atom stereocenters. The van der Waals surface area contributed by atoms with Gasteiger partial charge in [-0.2, -0.15) is 0 Å². The number of amides is 1. The second kappa shape index (κ2) is 7.77. The standard InChI is InChI=1S/C16H20FNO4/c17-12-3-1-4-14(10-12)22-8-2-5-15(19)18-13-7-6-11(9-13)16(20)21/h1,3-4,10-11,13H,2,5-9H2,(H,18,19)(H,20,21)/t11-,13+/m0/s1. The number of carboxylic acids is 1. The third-order valence-electron chi connectivity index (χ3n) is 3.76. The van der Waals surface area contributed by atoms with Crippen LogP contribution in [0.5, 0.6) is 5.75 Å². The number of hydrogen-bond acceptors (Lipinski definition) is 3. The van der Waals surface area contributed by atoms with E-state index >= 15 is 0 Å².